The molecule has 0 amide bonds. The molecule has 0 saturated carbocycles. The van der Waals surface area contributed by atoms with Gasteiger partial charge in [-0.3, -0.25) is 4.90 Å². The van der Waals surface area contributed by atoms with Crippen LogP contribution >= 0.6 is 0 Å². The summed E-state index contributed by atoms with van der Waals surface area (Å²) in [6.45, 7) is 15.4. The zero-order valence-electron chi connectivity index (χ0n) is 13.0. The van der Waals surface area contributed by atoms with E-state index in [4.69, 9.17) is 4.74 Å². The predicted octanol–water partition coefficient (Wildman–Crippen LogP) is 2.65. The fourth-order valence-corrected chi connectivity index (χ4v) is 2.76. The molecule has 0 aromatic carbocycles. The van der Waals surface area contributed by atoms with E-state index >= 15 is 0 Å². The Morgan fingerprint density at radius 2 is 2.00 bits per heavy atom. The molecule has 1 saturated heterocycles. The SMILES string of the molecule is CCC1(CC)CN(CCOC(C)C)C(C)CCN1. The minimum atomic E-state index is 0.308. The first-order valence-corrected chi connectivity index (χ1v) is 7.63. The Hall–Kier alpha value is -0.120. The van der Waals surface area contributed by atoms with Gasteiger partial charge in [-0.25, -0.2) is 0 Å². The second-order valence-electron chi connectivity index (χ2n) is 5.94. The smallest absolute Gasteiger partial charge is 0.0597 e. The van der Waals surface area contributed by atoms with Crippen LogP contribution in [-0.4, -0.2) is 48.8 Å². The first-order valence-electron chi connectivity index (χ1n) is 7.63. The summed E-state index contributed by atoms with van der Waals surface area (Å²) in [5, 5.41) is 3.77. The van der Waals surface area contributed by atoms with Crippen LogP contribution in [0.5, 0.6) is 0 Å². The zero-order chi connectivity index (χ0) is 13.6. The van der Waals surface area contributed by atoms with Crippen molar-refractivity contribution in [2.45, 2.75) is 71.6 Å². The van der Waals surface area contributed by atoms with E-state index in [0.717, 1.165) is 26.2 Å². The Morgan fingerprint density at radius 3 is 2.56 bits per heavy atom. The third-order valence-corrected chi connectivity index (χ3v) is 4.37. The van der Waals surface area contributed by atoms with Crippen molar-refractivity contribution >= 4 is 0 Å². The van der Waals surface area contributed by atoms with Gasteiger partial charge in [0, 0.05) is 24.7 Å². The van der Waals surface area contributed by atoms with Gasteiger partial charge in [0.2, 0.25) is 0 Å². The zero-order valence-corrected chi connectivity index (χ0v) is 13.0. The van der Waals surface area contributed by atoms with Gasteiger partial charge in [-0.15, -0.1) is 0 Å². The minimum Gasteiger partial charge on any atom is -0.377 e. The van der Waals surface area contributed by atoms with Crippen LogP contribution in [0.25, 0.3) is 0 Å². The summed E-state index contributed by atoms with van der Waals surface area (Å²) in [5.41, 5.74) is 0.308. The van der Waals surface area contributed by atoms with Gasteiger partial charge < -0.3 is 10.1 Å². The highest BCUT2D eigenvalue weighted by Gasteiger charge is 2.32. The fourth-order valence-electron chi connectivity index (χ4n) is 2.76. The molecule has 1 fully saturated rings. The number of nitrogens with zero attached hydrogens (tertiary/aromatic N) is 1. The lowest BCUT2D eigenvalue weighted by Crippen LogP contribution is -2.52. The number of hydrogen-bond acceptors (Lipinski definition) is 3. The lowest BCUT2D eigenvalue weighted by atomic mass is 9.92. The van der Waals surface area contributed by atoms with E-state index < -0.39 is 0 Å². The van der Waals surface area contributed by atoms with Crippen molar-refractivity contribution in [3.05, 3.63) is 0 Å². The first-order chi connectivity index (χ1) is 8.53. The molecule has 0 aromatic heterocycles. The van der Waals surface area contributed by atoms with Crippen molar-refractivity contribution < 1.29 is 4.74 Å². The van der Waals surface area contributed by atoms with Crippen molar-refractivity contribution in [1.29, 1.82) is 0 Å². The normalized spacial score (nSPS) is 25.3. The molecule has 1 unspecified atom stereocenters. The highest BCUT2D eigenvalue weighted by molar-refractivity contribution is 4.93. The lowest BCUT2D eigenvalue weighted by Gasteiger charge is -2.37. The molecule has 18 heavy (non-hydrogen) atoms. The van der Waals surface area contributed by atoms with Crippen LogP contribution in [0.3, 0.4) is 0 Å². The molecule has 1 rings (SSSR count). The fraction of sp³-hybridized carbons (Fsp3) is 1.00. The number of rotatable bonds is 6. The van der Waals surface area contributed by atoms with Crippen molar-refractivity contribution in [1.82, 2.24) is 10.2 Å². The summed E-state index contributed by atoms with van der Waals surface area (Å²) in [7, 11) is 0. The predicted molar refractivity (Wildman–Crippen MR) is 78.1 cm³/mol. The minimum absolute atomic E-state index is 0.308. The van der Waals surface area contributed by atoms with Gasteiger partial charge in [0.25, 0.3) is 0 Å². The molecule has 1 aliphatic rings. The molecule has 3 nitrogen and oxygen atoms in total. The van der Waals surface area contributed by atoms with Crippen LogP contribution in [0, 0.1) is 0 Å². The van der Waals surface area contributed by atoms with Gasteiger partial charge >= 0.3 is 0 Å². The van der Waals surface area contributed by atoms with E-state index in [0.29, 0.717) is 17.7 Å². The molecule has 0 aliphatic carbocycles. The molecule has 1 aliphatic heterocycles. The second-order valence-corrected chi connectivity index (χ2v) is 5.94. The van der Waals surface area contributed by atoms with Gasteiger partial charge in [0.15, 0.2) is 0 Å². The van der Waals surface area contributed by atoms with E-state index in [2.05, 4.69) is 44.8 Å². The Bertz CT molecular complexity index is 227. The molecule has 0 radical (unpaired) electrons. The van der Waals surface area contributed by atoms with Crippen LogP contribution < -0.4 is 5.32 Å². The van der Waals surface area contributed by atoms with E-state index in [-0.39, 0.29) is 0 Å². The Kier molecular flexibility index (Phi) is 6.61. The average Bonchev–Trinajstić information content (AvgIpc) is 2.50. The summed E-state index contributed by atoms with van der Waals surface area (Å²) in [6.07, 6.45) is 3.99. The molecular formula is C15H32N2O. The maximum atomic E-state index is 5.71. The first kappa shape index (κ1) is 15.9. The van der Waals surface area contributed by atoms with E-state index in [1.165, 1.54) is 19.3 Å². The molecule has 3 heteroatoms. The highest BCUT2D eigenvalue weighted by atomic mass is 16.5. The van der Waals surface area contributed by atoms with Crippen LogP contribution in [0.15, 0.2) is 0 Å². The summed E-state index contributed by atoms with van der Waals surface area (Å²) >= 11 is 0. The maximum absolute atomic E-state index is 5.71. The van der Waals surface area contributed by atoms with Crippen LogP contribution in [-0.2, 0) is 4.74 Å². The van der Waals surface area contributed by atoms with Crippen molar-refractivity contribution in [3.8, 4) is 0 Å². The van der Waals surface area contributed by atoms with Gasteiger partial charge in [0.1, 0.15) is 0 Å². The number of ether oxygens (including phenoxy) is 1. The van der Waals surface area contributed by atoms with Gasteiger partial charge in [0.05, 0.1) is 12.7 Å². The Morgan fingerprint density at radius 1 is 1.33 bits per heavy atom. The monoisotopic (exact) mass is 256 g/mol. The maximum Gasteiger partial charge on any atom is 0.0597 e. The third kappa shape index (κ3) is 4.52. The van der Waals surface area contributed by atoms with E-state index in [1.54, 1.807) is 0 Å². The summed E-state index contributed by atoms with van der Waals surface area (Å²) in [4.78, 5) is 2.61. The molecule has 1 heterocycles. The molecule has 0 bridgehead atoms. The molecule has 0 spiro atoms. The van der Waals surface area contributed by atoms with Gasteiger partial charge in [-0.1, -0.05) is 13.8 Å². The van der Waals surface area contributed by atoms with Crippen molar-refractivity contribution in [2.24, 2.45) is 0 Å². The largest absolute Gasteiger partial charge is 0.377 e. The molecule has 1 N–H and O–H groups in total. The van der Waals surface area contributed by atoms with Crippen LogP contribution in [0.1, 0.15) is 53.9 Å². The van der Waals surface area contributed by atoms with Crippen molar-refractivity contribution in [2.75, 3.05) is 26.2 Å². The molecular weight excluding hydrogens is 224 g/mol. The standard InChI is InChI=1S/C15H32N2O/c1-6-15(7-2)12-17(10-11-18-13(3)4)14(5)8-9-16-15/h13-14,16H,6-12H2,1-5H3. The van der Waals surface area contributed by atoms with Crippen molar-refractivity contribution in [3.63, 3.8) is 0 Å². The topological polar surface area (TPSA) is 24.5 Å². The third-order valence-electron chi connectivity index (χ3n) is 4.37. The Labute approximate surface area is 113 Å². The number of hydrogen-bond donors (Lipinski definition) is 1. The van der Waals surface area contributed by atoms with Gasteiger partial charge in [-0.05, 0) is 46.6 Å². The van der Waals surface area contributed by atoms with Gasteiger partial charge in [-0.2, -0.15) is 0 Å². The Balaban J connectivity index is 2.56. The molecule has 0 aromatic rings. The summed E-state index contributed by atoms with van der Waals surface area (Å²) in [6, 6.07) is 0.660. The summed E-state index contributed by atoms with van der Waals surface area (Å²) < 4.78 is 5.71. The van der Waals surface area contributed by atoms with Crippen LogP contribution in [0.2, 0.25) is 0 Å². The van der Waals surface area contributed by atoms with Crippen LogP contribution in [0.4, 0.5) is 0 Å². The summed E-state index contributed by atoms with van der Waals surface area (Å²) in [5.74, 6) is 0. The number of nitrogens with one attached hydrogen (secondary N) is 1. The highest BCUT2D eigenvalue weighted by Crippen LogP contribution is 2.22. The van der Waals surface area contributed by atoms with E-state index in [1.807, 2.05) is 0 Å². The quantitative estimate of drug-likeness (QED) is 0.791. The lowest BCUT2D eigenvalue weighted by molar-refractivity contribution is 0.0447. The molecule has 1 atom stereocenters. The second kappa shape index (κ2) is 7.46. The molecule has 108 valence electrons. The van der Waals surface area contributed by atoms with E-state index in [9.17, 15) is 0 Å². The average molecular weight is 256 g/mol.